The van der Waals surface area contributed by atoms with Crippen molar-refractivity contribution in [2.75, 3.05) is 26.4 Å². The molecule has 3 aliphatic heterocycles. The van der Waals surface area contributed by atoms with Crippen LogP contribution in [0.15, 0.2) is 146 Å². The first-order valence-electron chi connectivity index (χ1n) is 38.6. The third-order valence-electron chi connectivity index (χ3n) is 18.1. The van der Waals surface area contributed by atoms with E-state index in [-0.39, 0.29) is 18.9 Å². The highest BCUT2D eigenvalue weighted by atomic mass is 16.8. The van der Waals surface area contributed by atoms with Crippen LogP contribution in [0.4, 0.5) is 0 Å². The summed E-state index contributed by atoms with van der Waals surface area (Å²) >= 11 is 0. The van der Waals surface area contributed by atoms with E-state index < -0.39 is 124 Å². The van der Waals surface area contributed by atoms with Gasteiger partial charge in [-0.3, -0.25) is 4.79 Å². The van der Waals surface area contributed by atoms with Gasteiger partial charge in [0.05, 0.1) is 38.6 Å². The minimum Gasteiger partial charge on any atom is -0.394 e. The quantitative estimate of drug-likeness (QED) is 0.0199. The van der Waals surface area contributed by atoms with Gasteiger partial charge in [0.2, 0.25) is 5.91 Å². The van der Waals surface area contributed by atoms with Gasteiger partial charge in [0, 0.05) is 6.42 Å². The van der Waals surface area contributed by atoms with E-state index in [1.165, 1.54) is 70.6 Å². The lowest BCUT2D eigenvalue weighted by Gasteiger charge is -2.48. The molecule has 3 fully saturated rings. The van der Waals surface area contributed by atoms with Crippen LogP contribution in [0.25, 0.3) is 0 Å². The molecule has 1 amide bonds. The molecule has 0 spiro atoms. The van der Waals surface area contributed by atoms with Crippen LogP contribution in [0, 0.1) is 0 Å². The second-order valence-corrected chi connectivity index (χ2v) is 26.7. The maximum absolute atomic E-state index is 13.5. The Morgan fingerprint density at radius 2 is 0.693 bits per heavy atom. The number of amides is 1. The van der Waals surface area contributed by atoms with Crippen molar-refractivity contribution in [2.24, 2.45) is 0 Å². The molecule has 17 unspecified atom stereocenters. The maximum atomic E-state index is 13.5. The van der Waals surface area contributed by atoms with Gasteiger partial charge in [-0.1, -0.05) is 256 Å². The Morgan fingerprint density at radius 3 is 1.11 bits per heavy atom. The van der Waals surface area contributed by atoms with Gasteiger partial charge in [-0.2, -0.15) is 0 Å². The zero-order valence-electron chi connectivity index (χ0n) is 61.3. The molecule has 12 N–H and O–H groups in total. The molecule has 0 aromatic carbocycles. The highest BCUT2D eigenvalue weighted by Gasteiger charge is 2.53. The SMILES string of the molecule is CC/C=C\C/C=C\C/C=C\C/C=C\C/C=C\C/C=C\C/C=C\C/C=C\C/C=C\CCCCCCCCCC(=O)NC(COC1OC(CO)C(OC2OC(CO)C(OC3OC(CO)C(O)C(O)C3O)C(O)C2O)C(O)C1O)C(O)/C=C/CC/C=C/CC/C=C/CCCCCCCCCCCCC. The fourth-order valence-corrected chi connectivity index (χ4v) is 11.9. The van der Waals surface area contributed by atoms with Gasteiger partial charge in [0.25, 0.3) is 0 Å². The largest absolute Gasteiger partial charge is 0.394 e. The molecule has 3 rings (SSSR count). The van der Waals surface area contributed by atoms with Gasteiger partial charge in [0.15, 0.2) is 18.9 Å². The Balaban J connectivity index is 1.41. The average molecular weight is 1420 g/mol. The Hall–Kier alpha value is -4.33. The summed E-state index contributed by atoms with van der Waals surface area (Å²) < 4.78 is 34.4. The molecule has 576 valence electrons. The van der Waals surface area contributed by atoms with E-state index in [9.17, 15) is 61.0 Å². The summed E-state index contributed by atoms with van der Waals surface area (Å²) in [6, 6.07) is -1.01. The van der Waals surface area contributed by atoms with Gasteiger partial charge in [-0.05, 0) is 116 Å². The van der Waals surface area contributed by atoms with E-state index in [2.05, 4.69) is 153 Å². The molecule has 3 saturated heterocycles. The first kappa shape index (κ1) is 90.9. The number of allylic oxidation sites excluding steroid dienone is 23. The van der Waals surface area contributed by atoms with Crippen molar-refractivity contribution in [1.82, 2.24) is 5.32 Å². The number of hydrogen-bond acceptors (Lipinski definition) is 18. The van der Waals surface area contributed by atoms with Crippen molar-refractivity contribution in [3.8, 4) is 0 Å². The lowest BCUT2D eigenvalue weighted by Crippen LogP contribution is -2.66. The van der Waals surface area contributed by atoms with Crippen LogP contribution < -0.4 is 5.32 Å². The van der Waals surface area contributed by atoms with Crippen LogP contribution in [0.2, 0.25) is 0 Å². The molecule has 17 atom stereocenters. The number of hydrogen-bond donors (Lipinski definition) is 12. The smallest absolute Gasteiger partial charge is 0.220 e. The second kappa shape index (κ2) is 60.9. The highest BCUT2D eigenvalue weighted by molar-refractivity contribution is 5.76. The standard InChI is InChI=1S/C82H135NO18/c1-3-5-7-9-11-13-15-17-19-21-23-25-26-27-28-29-30-31-32-33-34-35-36-37-38-40-42-44-46-48-50-52-54-56-58-60-70(88)83-65(66(87)59-57-55-53-51-49-47-45-43-41-39-24-22-20-18-16-14-12-10-8-6-4-2)64-96-80-76(94)73(91)78(68(62-85)98-80)101-82-77(95)74(92)79(69(63-86)99-82)100-81-75(93)72(90)71(89)67(61-84)97-81/h5,7,11,13,17,19,23,25,27-28,30-31,33-34,36-37,40-43,49,51,57,59,65-69,71-82,84-87,89-95H,3-4,6,8-10,12,14-16,18,20-22,24,26,29,32,35,38-39,44-48,50,52-56,58,60-64H2,1-2H3,(H,83,88)/b7-5-,13-11-,19-17-,25-23-,28-27-,31-30-,34-33-,37-36-,42-40-,43-41+,51-49+,59-57+. The number of unbranched alkanes of at least 4 members (excludes halogenated alkanes) is 20. The summed E-state index contributed by atoms with van der Waals surface area (Å²) in [6.45, 7) is 1.57. The first-order valence-corrected chi connectivity index (χ1v) is 38.6. The number of carbonyl (C=O) groups is 1. The molecule has 0 aromatic heterocycles. The van der Waals surface area contributed by atoms with E-state index in [1.807, 2.05) is 6.08 Å². The Bertz CT molecular complexity index is 2400. The Kier molecular flexibility index (Phi) is 54.8. The van der Waals surface area contributed by atoms with E-state index in [1.54, 1.807) is 6.08 Å². The normalized spacial score (nSPS) is 27.2. The minimum absolute atomic E-state index is 0.209. The van der Waals surface area contributed by atoms with Gasteiger partial charge >= 0.3 is 0 Å². The van der Waals surface area contributed by atoms with E-state index in [0.717, 1.165) is 128 Å². The van der Waals surface area contributed by atoms with E-state index >= 15 is 0 Å². The van der Waals surface area contributed by atoms with Crippen LogP contribution in [0.1, 0.15) is 232 Å². The monoisotopic (exact) mass is 1420 g/mol. The molecule has 19 nitrogen and oxygen atoms in total. The second-order valence-electron chi connectivity index (χ2n) is 26.7. The third-order valence-corrected chi connectivity index (χ3v) is 18.1. The Morgan fingerprint density at radius 1 is 0.366 bits per heavy atom. The van der Waals surface area contributed by atoms with Crippen molar-refractivity contribution in [3.63, 3.8) is 0 Å². The van der Waals surface area contributed by atoms with E-state index in [4.69, 9.17) is 28.4 Å². The van der Waals surface area contributed by atoms with Crippen molar-refractivity contribution in [1.29, 1.82) is 0 Å². The molecule has 0 radical (unpaired) electrons. The lowest BCUT2D eigenvalue weighted by atomic mass is 9.96. The van der Waals surface area contributed by atoms with Crippen molar-refractivity contribution >= 4 is 5.91 Å². The molecule has 0 aliphatic carbocycles. The van der Waals surface area contributed by atoms with Crippen LogP contribution in [0.5, 0.6) is 0 Å². The fraction of sp³-hybridized carbons (Fsp3) is 0.695. The van der Waals surface area contributed by atoms with Crippen molar-refractivity contribution in [3.05, 3.63) is 146 Å². The summed E-state index contributed by atoms with van der Waals surface area (Å²) in [4.78, 5) is 13.5. The number of aliphatic hydroxyl groups is 11. The predicted octanol–water partition coefficient (Wildman–Crippen LogP) is 12.3. The summed E-state index contributed by atoms with van der Waals surface area (Å²) in [5.74, 6) is -0.307. The molecular weight excluding hydrogens is 1290 g/mol. The molecular formula is C82H135NO18. The van der Waals surface area contributed by atoms with Crippen molar-refractivity contribution in [2.45, 2.75) is 336 Å². The lowest BCUT2D eigenvalue weighted by molar-refractivity contribution is -0.379. The van der Waals surface area contributed by atoms with Crippen LogP contribution in [0.3, 0.4) is 0 Å². The molecule has 3 aliphatic rings. The number of nitrogens with one attached hydrogen (secondary N) is 1. The van der Waals surface area contributed by atoms with Gasteiger partial charge in [-0.15, -0.1) is 0 Å². The summed E-state index contributed by atoms with van der Waals surface area (Å²) in [7, 11) is 0. The number of ether oxygens (including phenoxy) is 6. The van der Waals surface area contributed by atoms with Gasteiger partial charge < -0.3 is 89.9 Å². The molecule has 19 heteroatoms. The average Bonchev–Trinajstić information content (AvgIpc) is 0.782. The summed E-state index contributed by atoms with van der Waals surface area (Å²) in [6.07, 6.45) is 61.0. The van der Waals surface area contributed by atoms with Gasteiger partial charge in [-0.25, -0.2) is 0 Å². The summed E-state index contributed by atoms with van der Waals surface area (Å²) in [5, 5.41) is 121. The Labute approximate surface area is 606 Å². The molecule has 3 heterocycles. The third kappa shape index (κ3) is 41.2. The number of carbonyl (C=O) groups excluding carboxylic acids is 1. The summed E-state index contributed by atoms with van der Waals surface area (Å²) in [5.41, 5.74) is 0. The van der Waals surface area contributed by atoms with Crippen molar-refractivity contribution < 1.29 is 89.4 Å². The number of rotatable bonds is 58. The molecule has 101 heavy (non-hydrogen) atoms. The fourth-order valence-electron chi connectivity index (χ4n) is 11.9. The maximum Gasteiger partial charge on any atom is 0.220 e. The zero-order chi connectivity index (χ0) is 73.2. The predicted molar refractivity (Wildman–Crippen MR) is 401 cm³/mol. The molecule has 0 aromatic rings. The first-order chi connectivity index (χ1) is 49.3. The van der Waals surface area contributed by atoms with Gasteiger partial charge in [0.1, 0.15) is 73.2 Å². The molecule has 0 saturated carbocycles. The highest BCUT2D eigenvalue weighted by Crippen LogP contribution is 2.33. The zero-order valence-corrected chi connectivity index (χ0v) is 61.3. The van der Waals surface area contributed by atoms with E-state index in [0.29, 0.717) is 12.8 Å². The number of aliphatic hydroxyl groups excluding tert-OH is 11. The van der Waals surface area contributed by atoms with Crippen LogP contribution >= 0.6 is 0 Å². The van der Waals surface area contributed by atoms with Crippen LogP contribution in [-0.4, -0.2) is 193 Å². The topological polar surface area (TPSA) is 307 Å². The minimum atomic E-state index is -1.99. The van der Waals surface area contributed by atoms with Crippen LogP contribution in [-0.2, 0) is 33.2 Å². The molecule has 0 bridgehead atoms.